The van der Waals surface area contributed by atoms with Crippen LogP contribution in [0.5, 0.6) is 17.2 Å². The lowest BCUT2D eigenvalue weighted by atomic mass is 10.1. The maximum atomic E-state index is 13.0. The summed E-state index contributed by atoms with van der Waals surface area (Å²) in [5, 5.41) is 12.2. The van der Waals surface area contributed by atoms with Crippen LogP contribution in [0.3, 0.4) is 0 Å². The van der Waals surface area contributed by atoms with E-state index in [1.807, 2.05) is 32.0 Å². The van der Waals surface area contributed by atoms with Crippen molar-refractivity contribution < 1.29 is 23.4 Å². The van der Waals surface area contributed by atoms with Crippen LogP contribution >= 0.6 is 12.2 Å². The highest BCUT2D eigenvalue weighted by atomic mass is 32.1. The van der Waals surface area contributed by atoms with Crippen molar-refractivity contribution in [3.63, 3.8) is 0 Å². The molecule has 2 heterocycles. The van der Waals surface area contributed by atoms with Gasteiger partial charge in [-0.2, -0.15) is 5.26 Å². The number of benzene rings is 2. The summed E-state index contributed by atoms with van der Waals surface area (Å²) in [4.78, 5) is 14.5. The maximum absolute atomic E-state index is 13.0. The first-order chi connectivity index (χ1) is 18.0. The predicted octanol–water partition coefficient (Wildman–Crippen LogP) is 4.83. The molecule has 1 N–H and O–H groups in total. The molecule has 0 bridgehead atoms. The molecular weight excluding hydrogens is 490 g/mol. The van der Waals surface area contributed by atoms with Gasteiger partial charge in [-0.3, -0.25) is 9.69 Å². The lowest BCUT2D eigenvalue weighted by Gasteiger charge is -2.15. The molecule has 0 radical (unpaired) electrons. The molecule has 1 aromatic heterocycles. The number of amides is 1. The number of ether oxygens (including phenoxy) is 3. The molecule has 8 nitrogen and oxygen atoms in total. The van der Waals surface area contributed by atoms with Gasteiger partial charge in [0.05, 0.1) is 24.8 Å². The van der Waals surface area contributed by atoms with E-state index in [9.17, 15) is 4.79 Å². The van der Waals surface area contributed by atoms with Crippen molar-refractivity contribution in [3.05, 3.63) is 82.9 Å². The summed E-state index contributed by atoms with van der Waals surface area (Å²) in [5.74, 6) is 2.91. The van der Waals surface area contributed by atoms with Crippen molar-refractivity contribution in [3.8, 4) is 23.3 Å². The zero-order valence-electron chi connectivity index (χ0n) is 20.7. The molecule has 4 rings (SSSR count). The number of nitrogens with zero attached hydrogens (tertiary/aromatic N) is 2. The van der Waals surface area contributed by atoms with Crippen LogP contribution in [-0.4, -0.2) is 35.7 Å². The maximum Gasteiger partial charge on any atom is 0.276 e. The van der Waals surface area contributed by atoms with E-state index >= 15 is 0 Å². The van der Waals surface area contributed by atoms with Crippen LogP contribution in [0.25, 0.3) is 6.08 Å². The Bertz CT molecular complexity index is 1340. The summed E-state index contributed by atoms with van der Waals surface area (Å²) < 4.78 is 22.8. The Labute approximate surface area is 221 Å². The minimum atomic E-state index is -0.215. The van der Waals surface area contributed by atoms with Crippen molar-refractivity contribution in [2.45, 2.75) is 26.9 Å². The average molecular weight is 518 g/mol. The van der Waals surface area contributed by atoms with E-state index < -0.39 is 0 Å². The van der Waals surface area contributed by atoms with Gasteiger partial charge in [0.25, 0.3) is 5.91 Å². The number of furan rings is 1. The van der Waals surface area contributed by atoms with Crippen molar-refractivity contribution in [2.75, 3.05) is 19.8 Å². The molecular formula is C28H27N3O5S. The normalized spacial score (nSPS) is 14.0. The number of hydrogen-bond acceptors (Lipinski definition) is 7. The minimum Gasteiger partial charge on any atom is -0.490 e. The van der Waals surface area contributed by atoms with Gasteiger partial charge in [-0.1, -0.05) is 6.07 Å². The second-order valence-corrected chi connectivity index (χ2v) is 8.46. The molecule has 1 aliphatic rings. The summed E-state index contributed by atoms with van der Waals surface area (Å²) in [6.45, 7) is 5.57. The quantitative estimate of drug-likeness (QED) is 0.285. The van der Waals surface area contributed by atoms with Gasteiger partial charge in [0.2, 0.25) is 0 Å². The van der Waals surface area contributed by atoms with E-state index in [4.69, 9.17) is 36.1 Å². The minimum absolute atomic E-state index is 0.215. The van der Waals surface area contributed by atoms with E-state index in [1.165, 1.54) is 4.90 Å². The van der Waals surface area contributed by atoms with Crippen LogP contribution in [-0.2, 0) is 17.8 Å². The van der Waals surface area contributed by atoms with Crippen LogP contribution < -0.4 is 19.5 Å². The van der Waals surface area contributed by atoms with Crippen LogP contribution in [0, 0.1) is 11.3 Å². The molecule has 0 atom stereocenters. The van der Waals surface area contributed by atoms with E-state index in [2.05, 4.69) is 11.4 Å². The molecule has 1 fully saturated rings. The lowest BCUT2D eigenvalue weighted by Crippen LogP contribution is -2.32. The average Bonchev–Trinajstić information content (AvgIpc) is 3.46. The van der Waals surface area contributed by atoms with E-state index in [0.717, 1.165) is 5.56 Å². The number of nitrogens with one attached hydrogen (secondary N) is 1. The Kier molecular flexibility index (Phi) is 8.44. The summed E-state index contributed by atoms with van der Waals surface area (Å²) >= 11 is 5.41. The predicted molar refractivity (Wildman–Crippen MR) is 142 cm³/mol. The molecule has 190 valence electrons. The summed E-state index contributed by atoms with van der Waals surface area (Å²) in [5.41, 5.74) is 1.92. The Morgan fingerprint density at radius 3 is 2.51 bits per heavy atom. The summed E-state index contributed by atoms with van der Waals surface area (Å²) in [6.07, 6.45) is 2.23. The highest BCUT2D eigenvalue weighted by molar-refractivity contribution is 7.80. The van der Waals surface area contributed by atoms with Gasteiger partial charge in [0, 0.05) is 12.6 Å². The molecule has 0 unspecified atom stereocenters. The van der Waals surface area contributed by atoms with Crippen molar-refractivity contribution >= 4 is 29.3 Å². The van der Waals surface area contributed by atoms with Crippen molar-refractivity contribution in [1.29, 1.82) is 5.26 Å². The van der Waals surface area contributed by atoms with Gasteiger partial charge in [0.15, 0.2) is 16.6 Å². The largest absolute Gasteiger partial charge is 0.490 e. The Morgan fingerprint density at radius 2 is 1.78 bits per heavy atom. The molecule has 9 heteroatoms. The zero-order chi connectivity index (χ0) is 26.2. The summed E-state index contributed by atoms with van der Waals surface area (Å²) in [7, 11) is 0. The third kappa shape index (κ3) is 6.48. The van der Waals surface area contributed by atoms with Gasteiger partial charge in [0.1, 0.15) is 29.6 Å². The van der Waals surface area contributed by atoms with Crippen LogP contribution in [0.4, 0.5) is 0 Å². The molecule has 1 aliphatic heterocycles. The second kappa shape index (κ2) is 12.1. The number of nitriles is 1. The first kappa shape index (κ1) is 25.8. The first-order valence-corrected chi connectivity index (χ1v) is 12.4. The number of rotatable bonds is 11. The number of carbonyl (C=O) groups excluding carboxylic acids is 1. The van der Waals surface area contributed by atoms with Crippen LogP contribution in [0.15, 0.2) is 64.7 Å². The van der Waals surface area contributed by atoms with E-state index in [-0.39, 0.29) is 12.5 Å². The molecule has 0 spiro atoms. The van der Waals surface area contributed by atoms with E-state index in [0.29, 0.717) is 71.3 Å². The van der Waals surface area contributed by atoms with Crippen molar-refractivity contribution in [1.82, 2.24) is 10.2 Å². The molecule has 1 amide bonds. The zero-order valence-corrected chi connectivity index (χ0v) is 21.5. The fourth-order valence-electron chi connectivity index (χ4n) is 3.74. The lowest BCUT2D eigenvalue weighted by molar-refractivity contribution is -0.122. The number of carbonyl (C=O) groups is 1. The second-order valence-electron chi connectivity index (χ2n) is 8.07. The first-order valence-electron chi connectivity index (χ1n) is 12.0. The third-order valence-electron chi connectivity index (χ3n) is 5.53. The highest BCUT2D eigenvalue weighted by Crippen LogP contribution is 2.29. The Morgan fingerprint density at radius 1 is 1.03 bits per heavy atom. The number of thiocarbonyl (C=S) groups is 1. The topological polar surface area (TPSA) is 97.0 Å². The summed E-state index contributed by atoms with van der Waals surface area (Å²) in [6, 6.07) is 18.2. The van der Waals surface area contributed by atoms with Gasteiger partial charge >= 0.3 is 0 Å². The van der Waals surface area contributed by atoms with Crippen LogP contribution in [0.1, 0.15) is 36.5 Å². The van der Waals surface area contributed by atoms with Gasteiger partial charge in [-0.25, -0.2) is 0 Å². The van der Waals surface area contributed by atoms with Crippen molar-refractivity contribution in [2.24, 2.45) is 0 Å². The van der Waals surface area contributed by atoms with Gasteiger partial charge < -0.3 is 23.9 Å². The molecule has 1 saturated heterocycles. The van der Waals surface area contributed by atoms with Crippen LogP contribution in [0.2, 0.25) is 0 Å². The Balaban J connectivity index is 1.36. The van der Waals surface area contributed by atoms with Gasteiger partial charge in [-0.15, -0.1) is 0 Å². The Hall–Kier alpha value is -4.29. The SMILES string of the molecule is CCOc1ccc(CCN2C(=O)/C(=C\c3ccc(COc4ccc(C#N)cc4)o3)NC2=S)cc1OCC. The third-order valence-corrected chi connectivity index (χ3v) is 5.85. The molecule has 3 aromatic rings. The van der Waals surface area contributed by atoms with E-state index in [1.54, 1.807) is 42.5 Å². The van der Waals surface area contributed by atoms with Gasteiger partial charge in [-0.05, 0) is 86.6 Å². The molecule has 2 aromatic carbocycles. The highest BCUT2D eigenvalue weighted by Gasteiger charge is 2.30. The fraction of sp³-hybridized carbons (Fsp3) is 0.250. The molecule has 0 saturated carbocycles. The smallest absolute Gasteiger partial charge is 0.276 e. The monoisotopic (exact) mass is 517 g/mol. The molecule has 0 aliphatic carbocycles. The molecule has 37 heavy (non-hydrogen) atoms. The standard InChI is InChI=1S/C28H27N3O5S/c1-3-33-25-12-7-19(15-26(25)34-4-2)13-14-31-27(32)24(30-28(31)37)16-22-10-11-23(36-22)18-35-21-8-5-20(17-29)6-9-21/h5-12,15-16H,3-4,13-14,18H2,1-2H3,(H,30,37)/b24-16+. The number of hydrogen-bond donors (Lipinski definition) is 1. The fourth-order valence-corrected chi connectivity index (χ4v) is 4.02.